The molecule has 1 amide bonds. The van der Waals surface area contributed by atoms with Crippen LogP contribution in [0.3, 0.4) is 0 Å². The molecule has 25 heavy (non-hydrogen) atoms. The third kappa shape index (κ3) is 3.72. The smallest absolute Gasteiger partial charge is 0.275 e. The highest BCUT2D eigenvalue weighted by atomic mass is 35.5. The molecule has 0 aliphatic carbocycles. The number of pyridine rings is 1. The van der Waals surface area contributed by atoms with E-state index in [0.29, 0.717) is 16.5 Å². The first-order valence-corrected chi connectivity index (χ1v) is 8.46. The van der Waals surface area contributed by atoms with Crippen molar-refractivity contribution >= 4 is 23.2 Å². The van der Waals surface area contributed by atoms with Crippen molar-refractivity contribution < 1.29 is 4.79 Å². The lowest BCUT2D eigenvalue weighted by molar-refractivity contribution is 0.102. The Morgan fingerprint density at radius 1 is 1.16 bits per heavy atom. The van der Waals surface area contributed by atoms with E-state index in [-0.39, 0.29) is 11.6 Å². The van der Waals surface area contributed by atoms with Crippen molar-refractivity contribution in [2.24, 2.45) is 0 Å². The average molecular weight is 355 g/mol. The minimum absolute atomic E-state index is 0.172. The SMILES string of the molecule is CCc1ccc(NC(=O)c2nc(-n3nc(C)cc3C)ccc2Cl)cc1. The average Bonchev–Trinajstić information content (AvgIpc) is 2.94. The Morgan fingerprint density at radius 2 is 1.88 bits per heavy atom. The normalized spacial score (nSPS) is 10.7. The molecule has 0 bridgehead atoms. The van der Waals surface area contributed by atoms with Crippen LogP contribution in [0.1, 0.15) is 34.4 Å². The summed E-state index contributed by atoms with van der Waals surface area (Å²) in [5.74, 6) is 0.208. The summed E-state index contributed by atoms with van der Waals surface area (Å²) >= 11 is 6.18. The van der Waals surface area contributed by atoms with E-state index in [1.807, 2.05) is 44.2 Å². The van der Waals surface area contributed by atoms with Gasteiger partial charge in [0.1, 0.15) is 5.69 Å². The van der Waals surface area contributed by atoms with Crippen molar-refractivity contribution in [3.8, 4) is 5.82 Å². The standard InChI is InChI=1S/C19H19ClN4O/c1-4-14-5-7-15(8-6-14)21-19(25)18-16(20)9-10-17(22-18)24-13(3)11-12(2)23-24/h5-11H,4H2,1-3H3,(H,21,25). The minimum Gasteiger partial charge on any atom is -0.321 e. The summed E-state index contributed by atoms with van der Waals surface area (Å²) in [7, 11) is 0. The van der Waals surface area contributed by atoms with Gasteiger partial charge in [0.15, 0.2) is 5.82 Å². The van der Waals surface area contributed by atoms with Gasteiger partial charge < -0.3 is 5.32 Å². The molecule has 128 valence electrons. The summed E-state index contributed by atoms with van der Waals surface area (Å²) in [5, 5.41) is 7.53. The molecular weight excluding hydrogens is 336 g/mol. The van der Waals surface area contributed by atoms with Crippen LogP contribution in [-0.2, 0) is 6.42 Å². The minimum atomic E-state index is -0.349. The van der Waals surface area contributed by atoms with Gasteiger partial charge in [-0.05, 0) is 56.2 Å². The maximum Gasteiger partial charge on any atom is 0.275 e. The summed E-state index contributed by atoms with van der Waals surface area (Å²) < 4.78 is 1.69. The van der Waals surface area contributed by atoms with Crippen molar-refractivity contribution in [3.05, 3.63) is 70.1 Å². The van der Waals surface area contributed by atoms with Crippen LogP contribution in [0.5, 0.6) is 0 Å². The topological polar surface area (TPSA) is 59.8 Å². The number of carbonyl (C=O) groups is 1. The molecule has 0 saturated heterocycles. The molecule has 0 spiro atoms. The number of nitrogens with one attached hydrogen (secondary N) is 1. The first-order valence-electron chi connectivity index (χ1n) is 8.08. The number of halogens is 1. The van der Waals surface area contributed by atoms with Gasteiger partial charge in [-0.2, -0.15) is 5.10 Å². The van der Waals surface area contributed by atoms with Gasteiger partial charge in [0.05, 0.1) is 10.7 Å². The van der Waals surface area contributed by atoms with E-state index in [9.17, 15) is 4.79 Å². The number of benzene rings is 1. The van der Waals surface area contributed by atoms with Crippen LogP contribution in [0.25, 0.3) is 5.82 Å². The molecule has 2 heterocycles. The number of amides is 1. The number of aryl methyl sites for hydroxylation is 3. The van der Waals surface area contributed by atoms with Crippen LogP contribution in [0, 0.1) is 13.8 Å². The third-order valence-electron chi connectivity index (χ3n) is 3.89. The Morgan fingerprint density at radius 3 is 2.48 bits per heavy atom. The molecular formula is C19H19ClN4O. The fourth-order valence-electron chi connectivity index (χ4n) is 2.58. The van der Waals surface area contributed by atoms with Crippen LogP contribution in [-0.4, -0.2) is 20.7 Å². The first kappa shape index (κ1) is 17.2. The fourth-order valence-corrected chi connectivity index (χ4v) is 2.78. The molecule has 0 aliphatic rings. The zero-order chi connectivity index (χ0) is 18.0. The summed E-state index contributed by atoms with van der Waals surface area (Å²) in [5.41, 5.74) is 3.91. The number of hydrogen-bond acceptors (Lipinski definition) is 3. The Hall–Kier alpha value is -2.66. The second kappa shape index (κ2) is 7.07. The highest BCUT2D eigenvalue weighted by Crippen LogP contribution is 2.19. The monoisotopic (exact) mass is 354 g/mol. The molecule has 3 aromatic rings. The number of carbonyl (C=O) groups excluding carboxylic acids is 1. The van der Waals surface area contributed by atoms with Gasteiger partial charge in [-0.15, -0.1) is 0 Å². The van der Waals surface area contributed by atoms with Crippen molar-refractivity contribution in [3.63, 3.8) is 0 Å². The van der Waals surface area contributed by atoms with Crippen molar-refractivity contribution in [1.29, 1.82) is 0 Å². The van der Waals surface area contributed by atoms with Gasteiger partial charge in [-0.25, -0.2) is 9.67 Å². The highest BCUT2D eigenvalue weighted by molar-refractivity contribution is 6.34. The molecule has 5 nitrogen and oxygen atoms in total. The van der Waals surface area contributed by atoms with E-state index < -0.39 is 0 Å². The van der Waals surface area contributed by atoms with Crippen LogP contribution >= 0.6 is 11.6 Å². The Balaban J connectivity index is 1.89. The lowest BCUT2D eigenvalue weighted by atomic mass is 10.1. The van der Waals surface area contributed by atoms with E-state index in [0.717, 1.165) is 17.8 Å². The number of rotatable bonds is 4. The predicted molar refractivity (Wildman–Crippen MR) is 99.6 cm³/mol. The van der Waals surface area contributed by atoms with Crippen molar-refractivity contribution in [2.45, 2.75) is 27.2 Å². The Kier molecular flexibility index (Phi) is 4.86. The Bertz CT molecular complexity index is 916. The molecule has 0 saturated carbocycles. The Labute approximate surface area is 151 Å². The van der Waals surface area contributed by atoms with Gasteiger partial charge >= 0.3 is 0 Å². The van der Waals surface area contributed by atoms with E-state index in [2.05, 4.69) is 22.3 Å². The second-order valence-corrected chi connectivity index (χ2v) is 6.25. The molecule has 0 unspecified atom stereocenters. The van der Waals surface area contributed by atoms with E-state index >= 15 is 0 Å². The summed E-state index contributed by atoms with van der Waals surface area (Å²) in [6.07, 6.45) is 0.951. The van der Waals surface area contributed by atoms with Gasteiger partial charge in [0.2, 0.25) is 0 Å². The van der Waals surface area contributed by atoms with Crippen LogP contribution < -0.4 is 5.32 Å². The van der Waals surface area contributed by atoms with Crippen LogP contribution in [0.4, 0.5) is 5.69 Å². The highest BCUT2D eigenvalue weighted by Gasteiger charge is 2.15. The fraction of sp³-hybridized carbons (Fsp3) is 0.211. The molecule has 0 atom stereocenters. The molecule has 3 rings (SSSR count). The predicted octanol–water partition coefficient (Wildman–Crippen LogP) is 4.35. The molecule has 0 aliphatic heterocycles. The zero-order valence-corrected chi connectivity index (χ0v) is 15.1. The van der Waals surface area contributed by atoms with Gasteiger partial charge in [-0.3, -0.25) is 4.79 Å². The molecule has 0 fully saturated rings. The molecule has 1 N–H and O–H groups in total. The number of nitrogens with zero attached hydrogens (tertiary/aromatic N) is 3. The molecule has 2 aromatic heterocycles. The largest absolute Gasteiger partial charge is 0.321 e. The van der Waals surface area contributed by atoms with Gasteiger partial charge in [0, 0.05) is 11.4 Å². The number of anilines is 1. The van der Waals surface area contributed by atoms with E-state index in [1.54, 1.807) is 16.8 Å². The number of aromatic nitrogens is 3. The zero-order valence-electron chi connectivity index (χ0n) is 14.4. The summed E-state index contributed by atoms with van der Waals surface area (Å²) in [6, 6.07) is 13.1. The van der Waals surface area contributed by atoms with Crippen molar-refractivity contribution in [2.75, 3.05) is 5.32 Å². The van der Waals surface area contributed by atoms with E-state index in [1.165, 1.54) is 5.56 Å². The van der Waals surface area contributed by atoms with Crippen molar-refractivity contribution in [1.82, 2.24) is 14.8 Å². The van der Waals surface area contributed by atoms with E-state index in [4.69, 9.17) is 11.6 Å². The van der Waals surface area contributed by atoms with Gasteiger partial charge in [0.25, 0.3) is 5.91 Å². The molecule has 6 heteroatoms. The first-order chi connectivity index (χ1) is 12.0. The lowest BCUT2D eigenvalue weighted by Gasteiger charge is -2.09. The maximum atomic E-state index is 12.6. The van der Waals surface area contributed by atoms with Crippen LogP contribution in [0.2, 0.25) is 5.02 Å². The molecule has 0 radical (unpaired) electrons. The summed E-state index contributed by atoms with van der Waals surface area (Å²) in [6.45, 7) is 5.93. The lowest BCUT2D eigenvalue weighted by Crippen LogP contribution is -2.16. The molecule has 1 aromatic carbocycles. The maximum absolute atomic E-state index is 12.6. The number of hydrogen-bond donors (Lipinski definition) is 1. The van der Waals surface area contributed by atoms with Gasteiger partial charge in [-0.1, -0.05) is 30.7 Å². The quantitative estimate of drug-likeness (QED) is 0.757. The summed E-state index contributed by atoms with van der Waals surface area (Å²) in [4.78, 5) is 17.0. The third-order valence-corrected chi connectivity index (χ3v) is 4.20. The second-order valence-electron chi connectivity index (χ2n) is 5.84. The van der Waals surface area contributed by atoms with Crippen LogP contribution in [0.15, 0.2) is 42.5 Å².